The second-order valence-corrected chi connectivity index (χ2v) is 12.7. The molecule has 2 atom stereocenters. The maximum Gasteiger partial charge on any atom is 0.251 e. The van der Waals surface area contributed by atoms with Gasteiger partial charge in [0.2, 0.25) is 5.91 Å². The van der Waals surface area contributed by atoms with Gasteiger partial charge in [-0.25, -0.2) is 4.98 Å². The lowest BCUT2D eigenvalue weighted by Crippen LogP contribution is -2.43. The Morgan fingerprint density at radius 1 is 1.17 bits per heavy atom. The van der Waals surface area contributed by atoms with E-state index in [1.165, 1.54) is 13.2 Å². The number of aliphatic hydroxyl groups is 1. The number of benzene rings is 3. The number of anilines is 1. The molecule has 0 radical (unpaired) electrons. The Labute approximate surface area is 281 Å². The third-order valence-electron chi connectivity index (χ3n) is 8.63. The van der Waals surface area contributed by atoms with E-state index in [2.05, 4.69) is 10.3 Å². The molecule has 3 aromatic carbocycles. The zero-order chi connectivity index (χ0) is 33.5. The van der Waals surface area contributed by atoms with E-state index in [0.717, 1.165) is 12.8 Å². The van der Waals surface area contributed by atoms with E-state index in [1.807, 2.05) is 0 Å². The first-order valence-electron chi connectivity index (χ1n) is 15.0. The van der Waals surface area contributed by atoms with Gasteiger partial charge in [-0.1, -0.05) is 65.7 Å². The number of carbonyl (C=O) groups excluding carboxylic acids is 2. The first-order chi connectivity index (χ1) is 22.5. The van der Waals surface area contributed by atoms with Crippen LogP contribution in [0.1, 0.15) is 52.5 Å². The third kappa shape index (κ3) is 6.00. The van der Waals surface area contributed by atoms with Crippen molar-refractivity contribution in [2.45, 2.75) is 36.8 Å². The molecular formula is C35H33Cl2N5O5. The van der Waals surface area contributed by atoms with Crippen molar-refractivity contribution in [3.63, 3.8) is 0 Å². The minimum atomic E-state index is -1.90. The van der Waals surface area contributed by atoms with Crippen LogP contribution < -0.4 is 26.3 Å². The van der Waals surface area contributed by atoms with Gasteiger partial charge in [0.1, 0.15) is 34.8 Å². The average molecular weight is 675 g/mol. The molecule has 1 aromatic heterocycles. The second-order valence-electron chi connectivity index (χ2n) is 11.9. The van der Waals surface area contributed by atoms with Crippen LogP contribution in [0.4, 0.5) is 5.69 Å². The molecular weight excluding hydrogens is 641 g/mol. The summed E-state index contributed by atoms with van der Waals surface area (Å²) in [7, 11) is 1.47. The van der Waals surface area contributed by atoms with Gasteiger partial charge in [0.25, 0.3) is 5.91 Å². The minimum Gasteiger partial charge on any atom is -0.495 e. The van der Waals surface area contributed by atoms with Crippen molar-refractivity contribution >= 4 is 46.9 Å². The van der Waals surface area contributed by atoms with Crippen LogP contribution in [-0.2, 0) is 15.8 Å². The van der Waals surface area contributed by atoms with Crippen molar-refractivity contribution in [2.24, 2.45) is 10.7 Å². The molecule has 1 aliphatic carbocycles. The molecule has 1 aliphatic heterocycles. The van der Waals surface area contributed by atoms with Crippen molar-refractivity contribution in [3.8, 4) is 22.8 Å². The Kier molecular flexibility index (Phi) is 8.61. The zero-order valence-electron chi connectivity index (χ0n) is 25.7. The Morgan fingerprint density at radius 3 is 2.60 bits per heavy atom. The van der Waals surface area contributed by atoms with Gasteiger partial charge >= 0.3 is 0 Å². The highest BCUT2D eigenvalue weighted by molar-refractivity contribution is 6.43. The van der Waals surface area contributed by atoms with E-state index in [9.17, 15) is 14.7 Å². The normalized spacial score (nSPS) is 18.3. The molecule has 2 heterocycles. The molecule has 10 nitrogen and oxygen atoms in total. The molecule has 1 saturated carbocycles. The summed E-state index contributed by atoms with van der Waals surface area (Å²) in [5.41, 5.74) is 11.8. The van der Waals surface area contributed by atoms with Crippen LogP contribution in [-0.4, -0.2) is 54.4 Å². The Balaban J connectivity index is 1.45. The van der Waals surface area contributed by atoms with Crippen LogP contribution in [0.3, 0.4) is 0 Å². The zero-order valence-corrected chi connectivity index (χ0v) is 27.2. The third-order valence-corrected chi connectivity index (χ3v) is 9.45. The number of aromatic nitrogens is 1. The van der Waals surface area contributed by atoms with Gasteiger partial charge in [-0.05, 0) is 49.6 Å². The number of fused-ring (bicyclic) bond motifs is 1. The van der Waals surface area contributed by atoms with Gasteiger partial charge in [-0.2, -0.15) is 0 Å². The lowest BCUT2D eigenvalue weighted by molar-refractivity contribution is -0.123. The van der Waals surface area contributed by atoms with Crippen molar-refractivity contribution in [2.75, 3.05) is 26.0 Å². The molecule has 242 valence electrons. The van der Waals surface area contributed by atoms with E-state index in [1.54, 1.807) is 73.8 Å². The van der Waals surface area contributed by atoms with Crippen LogP contribution in [0.15, 0.2) is 71.7 Å². The number of amides is 2. The van der Waals surface area contributed by atoms with Crippen LogP contribution in [0.25, 0.3) is 11.3 Å². The minimum absolute atomic E-state index is 0.0418. The number of methoxy groups -OCH3 is 1. The number of carbonyl (C=O) groups is 2. The molecule has 47 heavy (non-hydrogen) atoms. The largest absolute Gasteiger partial charge is 0.495 e. The maximum atomic E-state index is 13.7. The molecule has 12 heteroatoms. The van der Waals surface area contributed by atoms with E-state index in [-0.39, 0.29) is 46.2 Å². The summed E-state index contributed by atoms with van der Waals surface area (Å²) in [6.07, 6.45) is 3.68. The molecule has 1 fully saturated rings. The van der Waals surface area contributed by atoms with Crippen LogP contribution in [0.2, 0.25) is 10.0 Å². The molecule has 2 aliphatic rings. The predicted octanol–water partition coefficient (Wildman–Crippen LogP) is 5.03. The fourth-order valence-corrected chi connectivity index (χ4v) is 5.89. The summed E-state index contributed by atoms with van der Waals surface area (Å²) in [5.74, 6) is -0.495. The van der Waals surface area contributed by atoms with Gasteiger partial charge in [0.05, 0.1) is 41.1 Å². The smallest absolute Gasteiger partial charge is 0.251 e. The summed E-state index contributed by atoms with van der Waals surface area (Å²) >= 11 is 13.0. The highest BCUT2D eigenvalue weighted by atomic mass is 35.5. The number of hydrogen-bond acceptors (Lipinski definition) is 8. The molecule has 0 spiro atoms. The molecule has 0 bridgehead atoms. The predicted molar refractivity (Wildman–Crippen MR) is 182 cm³/mol. The lowest BCUT2D eigenvalue weighted by Gasteiger charge is -2.30. The maximum absolute atomic E-state index is 13.7. The molecule has 6 rings (SSSR count). The SMILES string of the molecule is COc1cc(C(=O)NC[C@@](O)(c2ccccc2)c2cc3c(c(-c4cccc(Cl)c4Cl)n2)OC[C@]3(C)C(N)=O)cc(C=NC2CC2)c1N. The highest BCUT2D eigenvalue weighted by Crippen LogP contribution is 2.48. The fraction of sp³-hybridized carbons (Fsp3) is 0.257. The standard InChI is InChI=1S/C35H33Cl2N5O5/c1-34(33(39)44)18-47-31-24(34)15-27(42-30(31)23-9-6-10-25(36)28(23)37)35(45,21-7-4-3-5-8-21)17-41-32(43)19-13-20(16-40-22-11-12-22)29(38)26(14-19)46-2/h3-10,13-16,22,45H,11-12,17-18,38H2,1-2H3,(H2,39,44)(H,41,43)/t34-,35+/m0/s1. The number of nitrogens with one attached hydrogen (secondary N) is 1. The van der Waals surface area contributed by atoms with E-state index < -0.39 is 22.8 Å². The first-order valence-corrected chi connectivity index (χ1v) is 15.7. The number of aliphatic imine (C=N–C) groups is 1. The topological polar surface area (TPSA) is 162 Å². The number of nitrogen functional groups attached to an aromatic ring is 1. The number of nitrogens with zero attached hydrogens (tertiary/aromatic N) is 2. The van der Waals surface area contributed by atoms with Gasteiger partial charge in [-0.15, -0.1) is 0 Å². The Bertz CT molecular complexity index is 1920. The van der Waals surface area contributed by atoms with Crippen molar-refractivity contribution < 1.29 is 24.2 Å². The average Bonchev–Trinajstić information content (AvgIpc) is 3.85. The van der Waals surface area contributed by atoms with Gasteiger partial charge < -0.3 is 31.4 Å². The number of rotatable bonds is 10. The van der Waals surface area contributed by atoms with E-state index in [4.69, 9.17) is 49.1 Å². The Morgan fingerprint density at radius 2 is 1.91 bits per heavy atom. The lowest BCUT2D eigenvalue weighted by atomic mass is 9.80. The first kappa shape index (κ1) is 32.3. The van der Waals surface area contributed by atoms with Crippen LogP contribution >= 0.6 is 23.2 Å². The number of halogens is 2. The van der Waals surface area contributed by atoms with Crippen LogP contribution in [0.5, 0.6) is 11.5 Å². The summed E-state index contributed by atoms with van der Waals surface area (Å²) in [5, 5.41) is 15.9. The van der Waals surface area contributed by atoms with Crippen molar-refractivity contribution in [3.05, 3.63) is 105 Å². The number of pyridine rings is 1. The van der Waals surface area contributed by atoms with E-state index in [0.29, 0.717) is 39.4 Å². The van der Waals surface area contributed by atoms with Crippen molar-refractivity contribution in [1.29, 1.82) is 0 Å². The molecule has 0 unspecified atom stereocenters. The van der Waals surface area contributed by atoms with E-state index >= 15 is 0 Å². The quantitative estimate of drug-likeness (QED) is 0.136. The summed E-state index contributed by atoms with van der Waals surface area (Å²) in [6, 6.07) is 18.8. The summed E-state index contributed by atoms with van der Waals surface area (Å²) in [6.45, 7) is 1.31. The molecule has 2 amide bonds. The second kappa shape index (κ2) is 12.5. The highest BCUT2D eigenvalue weighted by Gasteiger charge is 2.46. The van der Waals surface area contributed by atoms with Crippen LogP contribution in [0, 0.1) is 0 Å². The number of hydrogen-bond donors (Lipinski definition) is 4. The summed E-state index contributed by atoms with van der Waals surface area (Å²) < 4.78 is 11.5. The monoisotopic (exact) mass is 673 g/mol. The molecule has 0 saturated heterocycles. The van der Waals surface area contributed by atoms with Gasteiger partial charge in [0, 0.05) is 28.5 Å². The molecule has 4 aromatic rings. The van der Waals surface area contributed by atoms with Gasteiger partial charge in [-0.3, -0.25) is 14.6 Å². The van der Waals surface area contributed by atoms with Gasteiger partial charge in [0.15, 0.2) is 0 Å². The molecule has 6 N–H and O–H groups in total. The summed E-state index contributed by atoms with van der Waals surface area (Å²) in [4.78, 5) is 35.8. The Hall–Kier alpha value is -4.64. The number of ether oxygens (including phenoxy) is 2. The fourth-order valence-electron chi connectivity index (χ4n) is 5.50. The number of nitrogens with two attached hydrogens (primary N) is 2. The van der Waals surface area contributed by atoms with Crippen molar-refractivity contribution in [1.82, 2.24) is 10.3 Å². The number of primary amides is 1.